The lowest BCUT2D eigenvalue weighted by Gasteiger charge is -2.05. The van der Waals surface area contributed by atoms with Crippen LogP contribution >= 0.6 is 23.1 Å². The van der Waals surface area contributed by atoms with Gasteiger partial charge in [0.05, 0.1) is 5.69 Å². The number of amides is 1. The first-order valence-electron chi connectivity index (χ1n) is 9.52. The van der Waals surface area contributed by atoms with E-state index in [1.165, 1.54) is 36.2 Å². The Hall–Kier alpha value is -2.25. The maximum atomic E-state index is 12.4. The number of aromatic nitrogens is 3. The van der Waals surface area contributed by atoms with Crippen molar-refractivity contribution in [2.75, 3.05) is 11.1 Å². The molecule has 1 amide bonds. The van der Waals surface area contributed by atoms with Crippen LogP contribution in [0.5, 0.6) is 0 Å². The zero-order chi connectivity index (χ0) is 19.8. The number of thioether (sulfide) groups is 1. The third-order valence-corrected chi connectivity index (χ3v) is 6.09. The van der Waals surface area contributed by atoms with Crippen molar-refractivity contribution in [2.45, 2.75) is 43.9 Å². The van der Waals surface area contributed by atoms with Crippen LogP contribution in [-0.2, 0) is 6.42 Å². The minimum absolute atomic E-state index is 0.185. The number of rotatable bonds is 9. The van der Waals surface area contributed by atoms with Crippen molar-refractivity contribution in [2.24, 2.45) is 0 Å². The maximum Gasteiger partial charge on any atom is 0.257 e. The normalized spacial score (nSPS) is 10.8. The molecule has 0 aliphatic heterocycles. The van der Waals surface area contributed by atoms with E-state index in [-0.39, 0.29) is 5.91 Å². The summed E-state index contributed by atoms with van der Waals surface area (Å²) < 4.78 is 0.859. The van der Waals surface area contributed by atoms with Gasteiger partial charge in [0, 0.05) is 17.3 Å². The Kier molecular flexibility index (Phi) is 7.56. The van der Waals surface area contributed by atoms with Crippen molar-refractivity contribution >= 4 is 34.1 Å². The molecule has 0 atom stereocenters. The Labute approximate surface area is 174 Å². The third kappa shape index (κ3) is 5.62. The number of hydrogen-bond acceptors (Lipinski definition) is 6. The third-order valence-electron chi connectivity index (χ3n) is 4.23. The number of pyridine rings is 1. The number of nitrogens with one attached hydrogen (secondary N) is 1. The second-order valence-corrected chi connectivity index (χ2v) is 8.84. The highest BCUT2D eigenvalue weighted by Crippen LogP contribution is 2.25. The molecule has 0 bridgehead atoms. The molecule has 0 aliphatic rings. The van der Waals surface area contributed by atoms with Gasteiger partial charge in [-0.05, 0) is 42.4 Å². The van der Waals surface area contributed by atoms with Gasteiger partial charge in [0.2, 0.25) is 5.13 Å². The molecule has 0 radical (unpaired) electrons. The summed E-state index contributed by atoms with van der Waals surface area (Å²) in [6, 6.07) is 11.7. The number of carbonyl (C=O) groups is 1. The van der Waals surface area contributed by atoms with E-state index in [0.717, 1.165) is 27.8 Å². The molecule has 7 heteroatoms. The van der Waals surface area contributed by atoms with Crippen LogP contribution in [0.4, 0.5) is 5.13 Å². The molecule has 3 aromatic rings. The van der Waals surface area contributed by atoms with E-state index in [1.807, 2.05) is 36.5 Å². The van der Waals surface area contributed by atoms with Gasteiger partial charge in [-0.3, -0.25) is 15.1 Å². The van der Waals surface area contributed by atoms with E-state index in [9.17, 15) is 4.79 Å². The first-order valence-corrected chi connectivity index (χ1v) is 11.3. The summed E-state index contributed by atoms with van der Waals surface area (Å²) in [5, 5.41) is 11.4. The number of unbranched alkanes of at least 4 members (excludes halogenated alkanes) is 2. The quantitative estimate of drug-likeness (QED) is 0.277. The monoisotopic (exact) mass is 412 g/mol. The molecule has 1 N–H and O–H groups in total. The molecule has 0 saturated heterocycles. The Bertz CT molecular complexity index is 892. The molecule has 146 valence electrons. The molecule has 1 aromatic carbocycles. The number of anilines is 1. The minimum Gasteiger partial charge on any atom is -0.296 e. The van der Waals surface area contributed by atoms with Gasteiger partial charge >= 0.3 is 0 Å². The summed E-state index contributed by atoms with van der Waals surface area (Å²) in [5.41, 5.74) is 3.76. The fourth-order valence-electron chi connectivity index (χ4n) is 2.73. The zero-order valence-corrected chi connectivity index (χ0v) is 17.8. The Balaban J connectivity index is 1.61. The SMILES string of the molecule is CCCCCc1ccc(-c2ccc(C(=O)Nc3nnc(SCC)s3)cc2)nc1. The highest BCUT2D eigenvalue weighted by Gasteiger charge is 2.11. The molecule has 0 aliphatic carbocycles. The van der Waals surface area contributed by atoms with E-state index in [0.29, 0.717) is 10.7 Å². The van der Waals surface area contributed by atoms with E-state index in [2.05, 4.69) is 40.4 Å². The average molecular weight is 413 g/mol. The molecule has 2 aromatic heterocycles. The second kappa shape index (κ2) is 10.3. The topological polar surface area (TPSA) is 67.8 Å². The molecule has 0 spiro atoms. The predicted molar refractivity (Wildman–Crippen MR) is 117 cm³/mol. The summed E-state index contributed by atoms with van der Waals surface area (Å²) in [6.07, 6.45) is 6.70. The highest BCUT2D eigenvalue weighted by molar-refractivity contribution is 8.01. The van der Waals surface area contributed by atoms with Gasteiger partial charge in [-0.15, -0.1) is 10.2 Å². The van der Waals surface area contributed by atoms with E-state index < -0.39 is 0 Å². The maximum absolute atomic E-state index is 12.4. The van der Waals surface area contributed by atoms with Gasteiger partial charge in [-0.2, -0.15) is 0 Å². The summed E-state index contributed by atoms with van der Waals surface area (Å²) in [6.45, 7) is 4.27. The van der Waals surface area contributed by atoms with Gasteiger partial charge in [-0.1, -0.05) is 68.0 Å². The number of aryl methyl sites for hydroxylation is 1. The van der Waals surface area contributed by atoms with Gasteiger partial charge in [-0.25, -0.2) is 0 Å². The van der Waals surface area contributed by atoms with Crippen LogP contribution in [0.1, 0.15) is 49.0 Å². The minimum atomic E-state index is -0.185. The van der Waals surface area contributed by atoms with Gasteiger partial charge in [0.25, 0.3) is 5.91 Å². The highest BCUT2D eigenvalue weighted by atomic mass is 32.2. The fourth-order valence-corrected chi connectivity index (χ4v) is 4.37. The van der Waals surface area contributed by atoms with Crippen LogP contribution in [0.3, 0.4) is 0 Å². The molecule has 0 fully saturated rings. The number of carbonyl (C=O) groups excluding carboxylic acids is 1. The molecule has 28 heavy (non-hydrogen) atoms. The smallest absolute Gasteiger partial charge is 0.257 e. The zero-order valence-electron chi connectivity index (χ0n) is 16.1. The first-order chi connectivity index (χ1) is 13.7. The van der Waals surface area contributed by atoms with Crippen molar-refractivity contribution in [3.8, 4) is 11.3 Å². The molecule has 5 nitrogen and oxygen atoms in total. The van der Waals surface area contributed by atoms with Crippen LogP contribution in [0.25, 0.3) is 11.3 Å². The molecule has 2 heterocycles. The van der Waals surface area contributed by atoms with Gasteiger partial charge in [0.15, 0.2) is 4.34 Å². The summed E-state index contributed by atoms with van der Waals surface area (Å²) in [5.74, 6) is 0.743. The first kappa shape index (κ1) is 20.5. The predicted octanol–water partition coefficient (Wildman–Crippen LogP) is 5.70. The molecular formula is C21H24N4OS2. The van der Waals surface area contributed by atoms with Crippen molar-refractivity contribution in [3.63, 3.8) is 0 Å². The summed E-state index contributed by atoms with van der Waals surface area (Å²) >= 11 is 3.00. The lowest BCUT2D eigenvalue weighted by Crippen LogP contribution is -2.11. The van der Waals surface area contributed by atoms with Crippen LogP contribution in [0.15, 0.2) is 46.9 Å². The van der Waals surface area contributed by atoms with Crippen LogP contribution in [-0.4, -0.2) is 26.8 Å². The second-order valence-electron chi connectivity index (χ2n) is 6.35. The van der Waals surface area contributed by atoms with Crippen LogP contribution in [0, 0.1) is 0 Å². The average Bonchev–Trinajstić information content (AvgIpc) is 3.16. The molecule has 0 unspecified atom stereocenters. The lowest BCUT2D eigenvalue weighted by atomic mass is 10.1. The van der Waals surface area contributed by atoms with Gasteiger partial charge < -0.3 is 0 Å². The Morgan fingerprint density at radius 3 is 2.57 bits per heavy atom. The number of benzene rings is 1. The van der Waals surface area contributed by atoms with Crippen molar-refractivity contribution < 1.29 is 4.79 Å². The van der Waals surface area contributed by atoms with Gasteiger partial charge in [0.1, 0.15) is 0 Å². The standard InChI is InChI=1S/C21H24N4OS2/c1-3-5-6-7-15-8-13-18(22-14-15)16-9-11-17(12-10-16)19(26)23-20-24-25-21(28-20)27-4-2/h8-14H,3-7H2,1-2H3,(H,23,24,26). The van der Waals surface area contributed by atoms with E-state index in [1.54, 1.807) is 11.8 Å². The lowest BCUT2D eigenvalue weighted by molar-refractivity contribution is 0.102. The number of hydrogen-bond donors (Lipinski definition) is 1. The Morgan fingerprint density at radius 1 is 1.07 bits per heavy atom. The van der Waals surface area contributed by atoms with E-state index >= 15 is 0 Å². The molecule has 3 rings (SSSR count). The van der Waals surface area contributed by atoms with Crippen LogP contribution < -0.4 is 5.32 Å². The molecular weight excluding hydrogens is 388 g/mol. The van der Waals surface area contributed by atoms with Crippen molar-refractivity contribution in [1.29, 1.82) is 0 Å². The van der Waals surface area contributed by atoms with Crippen molar-refractivity contribution in [1.82, 2.24) is 15.2 Å². The van der Waals surface area contributed by atoms with E-state index in [4.69, 9.17) is 0 Å². The number of nitrogens with zero attached hydrogens (tertiary/aromatic N) is 3. The summed E-state index contributed by atoms with van der Waals surface area (Å²) in [7, 11) is 0. The van der Waals surface area contributed by atoms with Crippen LogP contribution in [0.2, 0.25) is 0 Å². The fraction of sp³-hybridized carbons (Fsp3) is 0.333. The van der Waals surface area contributed by atoms with Crippen molar-refractivity contribution in [3.05, 3.63) is 53.7 Å². The Morgan fingerprint density at radius 2 is 1.89 bits per heavy atom. The largest absolute Gasteiger partial charge is 0.296 e. The summed E-state index contributed by atoms with van der Waals surface area (Å²) in [4.78, 5) is 17.0. The molecule has 0 saturated carbocycles.